The van der Waals surface area contributed by atoms with Crippen molar-refractivity contribution < 1.29 is 9.32 Å². The van der Waals surface area contributed by atoms with Crippen LogP contribution in [0.15, 0.2) is 51.2 Å². The predicted molar refractivity (Wildman–Crippen MR) is 92.6 cm³/mol. The van der Waals surface area contributed by atoms with Crippen LogP contribution < -0.4 is 5.32 Å². The van der Waals surface area contributed by atoms with Crippen LogP contribution in [-0.2, 0) is 4.79 Å². The highest BCUT2D eigenvalue weighted by Gasteiger charge is 2.17. The molecule has 0 aliphatic rings. The van der Waals surface area contributed by atoms with E-state index in [1.807, 2.05) is 48.7 Å². The van der Waals surface area contributed by atoms with Gasteiger partial charge in [-0.2, -0.15) is 4.98 Å². The van der Waals surface area contributed by atoms with E-state index in [1.165, 1.54) is 6.92 Å². The number of rotatable bonds is 5. The van der Waals surface area contributed by atoms with Crippen molar-refractivity contribution in [3.8, 4) is 10.7 Å². The molecule has 0 aliphatic heterocycles. The highest BCUT2D eigenvalue weighted by atomic mass is 32.2. The molecule has 118 valence electrons. The molecule has 5 nitrogen and oxygen atoms in total. The molecule has 2 heterocycles. The van der Waals surface area contributed by atoms with Crippen molar-refractivity contribution in [3.63, 3.8) is 0 Å². The maximum absolute atomic E-state index is 11.0. The molecule has 7 heteroatoms. The van der Waals surface area contributed by atoms with Crippen LogP contribution in [0.4, 0.5) is 5.69 Å². The van der Waals surface area contributed by atoms with Gasteiger partial charge in [0.1, 0.15) is 0 Å². The number of benzene rings is 1. The Labute approximate surface area is 142 Å². The molecule has 3 aromatic rings. The SMILES string of the molecule is CC(=O)Nc1ccc(SC(C)c2nc(-c3cccs3)no2)cc1. The van der Waals surface area contributed by atoms with E-state index >= 15 is 0 Å². The van der Waals surface area contributed by atoms with Crippen LogP contribution in [0.3, 0.4) is 0 Å². The molecule has 1 atom stereocenters. The Kier molecular flexibility index (Phi) is 4.78. The summed E-state index contributed by atoms with van der Waals surface area (Å²) in [7, 11) is 0. The van der Waals surface area contributed by atoms with E-state index in [9.17, 15) is 4.79 Å². The minimum Gasteiger partial charge on any atom is -0.338 e. The summed E-state index contributed by atoms with van der Waals surface area (Å²) >= 11 is 3.21. The van der Waals surface area contributed by atoms with E-state index in [0.717, 1.165) is 15.5 Å². The third-order valence-electron chi connectivity index (χ3n) is 3.02. The molecule has 0 saturated heterocycles. The summed E-state index contributed by atoms with van der Waals surface area (Å²) in [5, 5.41) is 8.81. The van der Waals surface area contributed by atoms with Gasteiger partial charge in [0.2, 0.25) is 17.6 Å². The third kappa shape index (κ3) is 4.00. The number of nitrogens with one attached hydrogen (secondary N) is 1. The zero-order chi connectivity index (χ0) is 16.2. The third-order valence-corrected chi connectivity index (χ3v) is 4.98. The summed E-state index contributed by atoms with van der Waals surface area (Å²) in [4.78, 5) is 17.5. The number of anilines is 1. The monoisotopic (exact) mass is 345 g/mol. The molecule has 2 aromatic heterocycles. The van der Waals surface area contributed by atoms with E-state index < -0.39 is 0 Å². The lowest BCUT2D eigenvalue weighted by Gasteiger charge is -2.07. The topological polar surface area (TPSA) is 68.0 Å². The van der Waals surface area contributed by atoms with Gasteiger partial charge in [0.25, 0.3) is 0 Å². The summed E-state index contributed by atoms with van der Waals surface area (Å²) in [5.41, 5.74) is 0.785. The number of nitrogens with zero attached hydrogens (tertiary/aromatic N) is 2. The number of hydrogen-bond donors (Lipinski definition) is 1. The van der Waals surface area contributed by atoms with Gasteiger partial charge in [-0.3, -0.25) is 4.79 Å². The second-order valence-corrected chi connectivity index (χ2v) is 7.26. The van der Waals surface area contributed by atoms with Gasteiger partial charge in [-0.25, -0.2) is 0 Å². The van der Waals surface area contributed by atoms with Gasteiger partial charge in [-0.1, -0.05) is 11.2 Å². The fourth-order valence-corrected chi connectivity index (χ4v) is 3.53. The number of hydrogen-bond acceptors (Lipinski definition) is 6. The second-order valence-electron chi connectivity index (χ2n) is 4.90. The Morgan fingerprint density at radius 1 is 1.30 bits per heavy atom. The van der Waals surface area contributed by atoms with Crippen LogP contribution in [0.1, 0.15) is 25.0 Å². The fourth-order valence-electron chi connectivity index (χ4n) is 1.98. The first-order valence-electron chi connectivity index (χ1n) is 7.03. The normalized spacial score (nSPS) is 12.1. The van der Waals surface area contributed by atoms with Crippen molar-refractivity contribution >= 4 is 34.7 Å². The average Bonchev–Trinajstić information content (AvgIpc) is 3.19. The Morgan fingerprint density at radius 3 is 2.74 bits per heavy atom. The molecule has 0 aliphatic carbocycles. The van der Waals surface area contributed by atoms with Crippen LogP contribution in [0.5, 0.6) is 0 Å². The molecule has 0 fully saturated rings. The number of thioether (sulfide) groups is 1. The maximum Gasteiger partial charge on any atom is 0.240 e. The molecule has 3 rings (SSSR count). The van der Waals surface area contributed by atoms with Gasteiger partial charge in [0.15, 0.2) is 0 Å². The van der Waals surface area contributed by atoms with Gasteiger partial charge in [-0.15, -0.1) is 23.1 Å². The van der Waals surface area contributed by atoms with Gasteiger partial charge in [0.05, 0.1) is 10.1 Å². The fraction of sp³-hybridized carbons (Fsp3) is 0.188. The molecule has 23 heavy (non-hydrogen) atoms. The van der Waals surface area contributed by atoms with E-state index in [2.05, 4.69) is 15.5 Å². The smallest absolute Gasteiger partial charge is 0.240 e. The molecule has 1 amide bonds. The van der Waals surface area contributed by atoms with Gasteiger partial charge in [-0.05, 0) is 42.6 Å². The molecule has 0 saturated carbocycles. The molecule has 1 aromatic carbocycles. The van der Waals surface area contributed by atoms with Crippen LogP contribution in [0.2, 0.25) is 0 Å². The zero-order valence-electron chi connectivity index (χ0n) is 12.6. The van der Waals surface area contributed by atoms with Crippen LogP contribution >= 0.6 is 23.1 Å². The Balaban J connectivity index is 1.67. The van der Waals surface area contributed by atoms with E-state index in [4.69, 9.17) is 4.52 Å². The van der Waals surface area contributed by atoms with Gasteiger partial charge < -0.3 is 9.84 Å². The summed E-state index contributed by atoms with van der Waals surface area (Å²) in [6, 6.07) is 11.6. The standard InChI is InChI=1S/C16H15N3O2S2/c1-10(16-18-15(19-21-16)14-4-3-9-22-14)23-13-7-5-12(6-8-13)17-11(2)20/h3-10H,1-2H3,(H,17,20). The molecular formula is C16H15N3O2S2. The predicted octanol–water partition coefficient (Wildman–Crippen LogP) is 4.61. The molecule has 0 radical (unpaired) electrons. The molecule has 1 N–H and O–H groups in total. The number of carbonyl (C=O) groups is 1. The van der Waals surface area contributed by atoms with Crippen molar-refractivity contribution in [3.05, 3.63) is 47.7 Å². The molecule has 0 spiro atoms. The lowest BCUT2D eigenvalue weighted by Crippen LogP contribution is -2.05. The minimum atomic E-state index is -0.0780. The average molecular weight is 345 g/mol. The number of aromatic nitrogens is 2. The lowest BCUT2D eigenvalue weighted by atomic mass is 10.3. The van der Waals surface area contributed by atoms with E-state index in [1.54, 1.807) is 23.1 Å². The molecular weight excluding hydrogens is 330 g/mol. The van der Waals surface area contributed by atoms with E-state index in [0.29, 0.717) is 11.7 Å². The summed E-state index contributed by atoms with van der Waals surface area (Å²) in [6.07, 6.45) is 0. The van der Waals surface area contributed by atoms with E-state index in [-0.39, 0.29) is 11.2 Å². The quantitative estimate of drug-likeness (QED) is 0.684. The summed E-state index contributed by atoms with van der Waals surface area (Å²) in [5.74, 6) is 1.15. The first-order valence-corrected chi connectivity index (χ1v) is 8.79. The number of amides is 1. The second kappa shape index (κ2) is 6.97. The van der Waals surface area contributed by atoms with Crippen molar-refractivity contribution in [2.45, 2.75) is 24.0 Å². The first kappa shape index (κ1) is 15.8. The Hall–Kier alpha value is -2.12. The largest absolute Gasteiger partial charge is 0.338 e. The minimum absolute atomic E-state index is 0.0443. The van der Waals surface area contributed by atoms with Crippen molar-refractivity contribution in [2.24, 2.45) is 0 Å². The summed E-state index contributed by atoms with van der Waals surface area (Å²) in [6.45, 7) is 3.52. The van der Waals surface area contributed by atoms with Gasteiger partial charge in [0, 0.05) is 17.5 Å². The number of thiophene rings is 1. The Bertz CT molecular complexity index is 782. The highest BCUT2D eigenvalue weighted by Crippen LogP contribution is 2.35. The van der Waals surface area contributed by atoms with Crippen LogP contribution in [0.25, 0.3) is 10.7 Å². The molecule has 0 bridgehead atoms. The van der Waals surface area contributed by atoms with Crippen molar-refractivity contribution in [2.75, 3.05) is 5.32 Å². The van der Waals surface area contributed by atoms with Crippen LogP contribution in [0, 0.1) is 0 Å². The van der Waals surface area contributed by atoms with Crippen molar-refractivity contribution in [1.82, 2.24) is 10.1 Å². The molecule has 1 unspecified atom stereocenters. The Morgan fingerprint density at radius 2 is 2.09 bits per heavy atom. The first-order chi connectivity index (χ1) is 11.1. The van der Waals surface area contributed by atoms with Gasteiger partial charge >= 0.3 is 0 Å². The lowest BCUT2D eigenvalue weighted by molar-refractivity contribution is -0.114. The van der Waals surface area contributed by atoms with Crippen molar-refractivity contribution in [1.29, 1.82) is 0 Å². The maximum atomic E-state index is 11.0. The summed E-state index contributed by atoms with van der Waals surface area (Å²) < 4.78 is 5.37. The number of carbonyl (C=O) groups excluding carboxylic acids is 1. The highest BCUT2D eigenvalue weighted by molar-refractivity contribution is 7.99. The van der Waals surface area contributed by atoms with Crippen LogP contribution in [-0.4, -0.2) is 16.0 Å². The zero-order valence-corrected chi connectivity index (χ0v) is 14.3.